The number of aromatic nitrogens is 2. The first kappa shape index (κ1) is 23.2. The molecule has 1 aromatic heterocycles. The van der Waals surface area contributed by atoms with Crippen LogP contribution in [-0.4, -0.2) is 21.7 Å². The van der Waals surface area contributed by atoms with E-state index < -0.39 is 5.66 Å². The Morgan fingerprint density at radius 2 is 1.76 bits per heavy atom. The molecule has 1 amide bonds. The van der Waals surface area contributed by atoms with Crippen LogP contribution in [0.2, 0.25) is 0 Å². The van der Waals surface area contributed by atoms with E-state index in [1.165, 1.54) is 37.8 Å². The van der Waals surface area contributed by atoms with Gasteiger partial charge in [0.1, 0.15) is 5.82 Å². The molecule has 1 aromatic carbocycles. The van der Waals surface area contributed by atoms with Gasteiger partial charge < -0.3 is 16.0 Å². The molecule has 7 heteroatoms. The van der Waals surface area contributed by atoms with Crippen LogP contribution in [0.15, 0.2) is 24.3 Å². The van der Waals surface area contributed by atoms with Crippen molar-refractivity contribution in [2.75, 3.05) is 10.6 Å². The van der Waals surface area contributed by atoms with Crippen molar-refractivity contribution in [1.29, 1.82) is 0 Å². The average molecular weight is 468 g/mol. The summed E-state index contributed by atoms with van der Waals surface area (Å²) >= 11 is 0. The Labute approximate surface area is 202 Å². The van der Waals surface area contributed by atoms with E-state index in [2.05, 4.69) is 28.9 Å². The van der Waals surface area contributed by atoms with Gasteiger partial charge in [0.05, 0.1) is 28.7 Å². The number of rotatable bonds is 6. The van der Waals surface area contributed by atoms with Crippen LogP contribution in [0, 0.1) is 24.6 Å². The molecule has 2 atom stereocenters. The van der Waals surface area contributed by atoms with Gasteiger partial charge in [0.25, 0.3) is 0 Å². The number of carbonyl (C=O) groups is 1. The minimum absolute atomic E-state index is 0.105. The van der Waals surface area contributed by atoms with E-state index in [4.69, 9.17) is 5.10 Å². The monoisotopic (exact) mass is 467 g/mol. The smallest absolute Gasteiger partial charge is 0.228 e. The Balaban J connectivity index is 1.60. The lowest BCUT2D eigenvalue weighted by atomic mass is 9.72. The summed E-state index contributed by atoms with van der Waals surface area (Å²) in [6, 6.07) is 7.10. The lowest BCUT2D eigenvalue weighted by molar-refractivity contribution is -0.130. The number of benzene rings is 1. The van der Waals surface area contributed by atoms with Crippen molar-refractivity contribution in [3.63, 3.8) is 0 Å². The SMILES string of the molecule is CCn1nc(C)cc1C1(C(C(=O)NC2CCCCC2)C2CCCCC2)Nc2ccc(F)cc2N1. The van der Waals surface area contributed by atoms with Gasteiger partial charge in [0, 0.05) is 12.6 Å². The second-order valence-electron chi connectivity index (χ2n) is 10.5. The Bertz CT molecular complexity index is 1020. The summed E-state index contributed by atoms with van der Waals surface area (Å²) in [6.45, 7) is 4.76. The number of fused-ring (bicyclic) bond motifs is 1. The van der Waals surface area contributed by atoms with E-state index >= 15 is 0 Å². The number of amides is 1. The summed E-state index contributed by atoms with van der Waals surface area (Å²) in [4.78, 5) is 14.2. The van der Waals surface area contributed by atoms with Gasteiger partial charge in [-0.1, -0.05) is 38.5 Å². The number of hydrogen-bond acceptors (Lipinski definition) is 4. The Kier molecular flexibility index (Phi) is 6.54. The van der Waals surface area contributed by atoms with Gasteiger partial charge in [0.15, 0.2) is 5.66 Å². The van der Waals surface area contributed by atoms with Crippen LogP contribution in [-0.2, 0) is 17.0 Å². The molecule has 0 spiro atoms. The quantitative estimate of drug-likeness (QED) is 0.511. The van der Waals surface area contributed by atoms with E-state index in [0.717, 1.165) is 55.6 Å². The second kappa shape index (κ2) is 9.59. The van der Waals surface area contributed by atoms with Crippen LogP contribution in [0.1, 0.15) is 82.5 Å². The number of anilines is 2. The molecule has 0 radical (unpaired) electrons. The number of nitrogens with zero attached hydrogens (tertiary/aromatic N) is 2. The van der Waals surface area contributed by atoms with Crippen LogP contribution in [0.25, 0.3) is 0 Å². The fourth-order valence-corrected chi connectivity index (χ4v) is 6.50. The molecule has 34 heavy (non-hydrogen) atoms. The predicted molar refractivity (Wildman–Crippen MR) is 133 cm³/mol. The zero-order valence-electron chi connectivity index (χ0n) is 20.5. The molecule has 2 aromatic rings. The van der Waals surface area contributed by atoms with Gasteiger partial charge in [-0.3, -0.25) is 9.48 Å². The number of carbonyl (C=O) groups excluding carboxylic acids is 1. The third-order valence-electron chi connectivity index (χ3n) is 8.07. The maximum atomic E-state index is 14.2. The predicted octanol–water partition coefficient (Wildman–Crippen LogP) is 5.69. The third-order valence-corrected chi connectivity index (χ3v) is 8.07. The van der Waals surface area contributed by atoms with Crippen molar-refractivity contribution in [2.24, 2.45) is 11.8 Å². The lowest BCUT2D eigenvalue weighted by Crippen LogP contribution is -2.57. The summed E-state index contributed by atoms with van der Waals surface area (Å²) in [6.07, 6.45) is 11.3. The first-order valence-corrected chi connectivity index (χ1v) is 13.2. The molecule has 3 N–H and O–H groups in total. The highest BCUT2D eigenvalue weighted by Crippen LogP contribution is 2.49. The fourth-order valence-electron chi connectivity index (χ4n) is 6.50. The second-order valence-corrected chi connectivity index (χ2v) is 10.5. The van der Waals surface area contributed by atoms with Crippen molar-refractivity contribution in [3.8, 4) is 0 Å². The normalized spacial score (nSPS) is 24.2. The van der Waals surface area contributed by atoms with Gasteiger partial charge in [-0.25, -0.2) is 4.39 Å². The highest BCUT2D eigenvalue weighted by Gasteiger charge is 2.53. The number of nitrogens with one attached hydrogen (secondary N) is 3. The van der Waals surface area contributed by atoms with Crippen molar-refractivity contribution in [1.82, 2.24) is 15.1 Å². The van der Waals surface area contributed by atoms with Gasteiger partial charge in [-0.2, -0.15) is 5.10 Å². The van der Waals surface area contributed by atoms with Crippen LogP contribution < -0.4 is 16.0 Å². The molecular formula is C27H38FN5O. The summed E-state index contributed by atoms with van der Waals surface area (Å²) < 4.78 is 16.2. The molecule has 2 saturated carbocycles. The van der Waals surface area contributed by atoms with E-state index in [1.807, 2.05) is 11.6 Å². The molecule has 0 bridgehead atoms. The molecule has 184 valence electrons. The zero-order valence-corrected chi connectivity index (χ0v) is 20.5. The minimum Gasteiger partial charge on any atom is -0.355 e. The van der Waals surface area contributed by atoms with Crippen molar-refractivity contribution in [2.45, 2.75) is 96.3 Å². The number of aryl methyl sites for hydroxylation is 2. The standard InChI is InChI=1S/C27H38FN5O/c1-3-33-24(16-18(2)32-33)27(30-22-15-14-20(28)17-23(22)31-27)25(19-10-6-4-7-11-19)26(34)29-21-12-8-5-9-13-21/h14-17,19,21,25,30-31H,3-13H2,1-2H3,(H,29,34). The van der Waals surface area contributed by atoms with Crippen molar-refractivity contribution in [3.05, 3.63) is 41.5 Å². The molecule has 6 nitrogen and oxygen atoms in total. The maximum Gasteiger partial charge on any atom is 0.228 e. The zero-order chi connectivity index (χ0) is 23.7. The van der Waals surface area contributed by atoms with Gasteiger partial charge in [-0.15, -0.1) is 0 Å². The van der Waals surface area contributed by atoms with Crippen LogP contribution in [0.3, 0.4) is 0 Å². The van der Waals surface area contributed by atoms with Crippen molar-refractivity contribution >= 4 is 17.3 Å². The summed E-state index contributed by atoms with van der Waals surface area (Å²) in [7, 11) is 0. The molecular weight excluding hydrogens is 429 g/mol. The van der Waals surface area contributed by atoms with Crippen LogP contribution in [0.4, 0.5) is 15.8 Å². The molecule has 2 aliphatic carbocycles. The lowest BCUT2D eigenvalue weighted by Gasteiger charge is -2.43. The highest BCUT2D eigenvalue weighted by molar-refractivity contribution is 5.86. The molecule has 0 saturated heterocycles. The first-order valence-electron chi connectivity index (χ1n) is 13.2. The molecule has 2 heterocycles. The van der Waals surface area contributed by atoms with Crippen LogP contribution in [0.5, 0.6) is 0 Å². The van der Waals surface area contributed by atoms with Crippen molar-refractivity contribution < 1.29 is 9.18 Å². The Hall–Kier alpha value is -2.57. The molecule has 3 aliphatic rings. The number of halogens is 1. The molecule has 1 aliphatic heterocycles. The van der Waals surface area contributed by atoms with E-state index in [0.29, 0.717) is 12.2 Å². The van der Waals surface area contributed by atoms with Gasteiger partial charge in [0.2, 0.25) is 5.91 Å². The van der Waals surface area contributed by atoms with Crippen LogP contribution >= 0.6 is 0 Å². The molecule has 5 rings (SSSR count). The van der Waals surface area contributed by atoms with E-state index in [9.17, 15) is 9.18 Å². The fraction of sp³-hybridized carbons (Fsp3) is 0.630. The largest absolute Gasteiger partial charge is 0.355 e. The number of hydrogen-bond donors (Lipinski definition) is 3. The topological polar surface area (TPSA) is 71.0 Å². The maximum absolute atomic E-state index is 14.2. The highest BCUT2D eigenvalue weighted by atomic mass is 19.1. The minimum atomic E-state index is -0.881. The molecule has 2 unspecified atom stereocenters. The van der Waals surface area contributed by atoms with E-state index in [-0.39, 0.29) is 29.6 Å². The summed E-state index contributed by atoms with van der Waals surface area (Å²) in [5.41, 5.74) is 2.51. The Morgan fingerprint density at radius 3 is 2.47 bits per heavy atom. The molecule has 2 fully saturated rings. The summed E-state index contributed by atoms with van der Waals surface area (Å²) in [5, 5.41) is 15.5. The third kappa shape index (κ3) is 4.29. The van der Waals surface area contributed by atoms with Gasteiger partial charge in [-0.05, 0) is 69.7 Å². The Morgan fingerprint density at radius 1 is 1.09 bits per heavy atom. The summed E-state index contributed by atoms with van der Waals surface area (Å²) in [5.74, 6) is -0.290. The van der Waals surface area contributed by atoms with E-state index in [1.54, 1.807) is 6.07 Å². The first-order chi connectivity index (χ1) is 16.5. The average Bonchev–Trinajstić information content (AvgIpc) is 3.41. The van der Waals surface area contributed by atoms with Gasteiger partial charge >= 0.3 is 0 Å².